The van der Waals surface area contributed by atoms with Crippen LogP contribution < -0.4 is 0 Å². The summed E-state index contributed by atoms with van der Waals surface area (Å²) in [5, 5.41) is 0. The lowest BCUT2D eigenvalue weighted by molar-refractivity contribution is 0.00590. The van der Waals surface area contributed by atoms with Gasteiger partial charge in [0.15, 0.2) is 0 Å². The van der Waals surface area contributed by atoms with Gasteiger partial charge in [-0.3, -0.25) is 0 Å². The van der Waals surface area contributed by atoms with Crippen LogP contribution in [0.4, 0.5) is 0 Å². The zero-order valence-corrected chi connectivity index (χ0v) is 7.60. The summed E-state index contributed by atoms with van der Waals surface area (Å²) < 4.78 is 5.84. The number of rotatable bonds is 0. The molecule has 1 saturated heterocycles. The molecule has 0 aromatic rings. The van der Waals surface area contributed by atoms with Gasteiger partial charge < -0.3 is 4.74 Å². The fourth-order valence-electron chi connectivity index (χ4n) is 2.74. The molecule has 1 nitrogen and oxygen atoms in total. The number of hydrogen-bond acceptors (Lipinski definition) is 1. The number of hydrogen-bond donors (Lipinski definition) is 0. The summed E-state index contributed by atoms with van der Waals surface area (Å²) >= 11 is 0. The van der Waals surface area contributed by atoms with Crippen molar-refractivity contribution in [1.29, 1.82) is 0 Å². The maximum atomic E-state index is 5.84. The minimum Gasteiger partial charge on any atom is -0.375 e. The summed E-state index contributed by atoms with van der Waals surface area (Å²) in [6.45, 7) is 5.74. The zero-order valence-electron chi connectivity index (χ0n) is 7.60. The molecule has 0 aromatic heterocycles. The second-order valence-electron chi connectivity index (χ2n) is 4.50. The highest BCUT2D eigenvalue weighted by Gasteiger charge is 2.44. The Hall–Kier alpha value is -0.0400. The van der Waals surface area contributed by atoms with E-state index in [0.717, 1.165) is 18.4 Å². The molecule has 1 aliphatic heterocycles. The molecule has 64 valence electrons. The van der Waals surface area contributed by atoms with Gasteiger partial charge in [0.25, 0.3) is 0 Å². The molecule has 1 spiro atoms. The van der Waals surface area contributed by atoms with E-state index in [1.807, 2.05) is 0 Å². The van der Waals surface area contributed by atoms with Crippen molar-refractivity contribution in [2.75, 3.05) is 6.61 Å². The highest BCUT2D eigenvalue weighted by Crippen LogP contribution is 2.46. The summed E-state index contributed by atoms with van der Waals surface area (Å²) in [7, 11) is 0. The van der Waals surface area contributed by atoms with Crippen LogP contribution >= 0.6 is 0 Å². The molecule has 2 aliphatic rings. The first kappa shape index (κ1) is 7.60. The second kappa shape index (κ2) is 2.48. The van der Waals surface area contributed by atoms with Crippen LogP contribution in [0.1, 0.15) is 39.5 Å². The van der Waals surface area contributed by atoms with E-state index in [0.29, 0.717) is 5.60 Å². The van der Waals surface area contributed by atoms with Gasteiger partial charge in [0.2, 0.25) is 0 Å². The van der Waals surface area contributed by atoms with Crippen molar-refractivity contribution < 1.29 is 4.74 Å². The smallest absolute Gasteiger partial charge is 0.0688 e. The van der Waals surface area contributed by atoms with Gasteiger partial charge in [-0.25, -0.2) is 0 Å². The topological polar surface area (TPSA) is 9.23 Å². The normalized spacial score (nSPS) is 50.7. The first-order valence-corrected chi connectivity index (χ1v) is 4.86. The van der Waals surface area contributed by atoms with E-state index < -0.39 is 0 Å². The lowest BCUT2D eigenvalue weighted by Gasteiger charge is -2.21. The molecule has 2 rings (SSSR count). The van der Waals surface area contributed by atoms with Crippen molar-refractivity contribution in [3.05, 3.63) is 0 Å². The molecule has 1 unspecified atom stereocenters. The lowest BCUT2D eigenvalue weighted by Crippen LogP contribution is -2.23. The maximum Gasteiger partial charge on any atom is 0.0688 e. The van der Waals surface area contributed by atoms with Gasteiger partial charge in [0, 0.05) is 6.61 Å². The SMILES string of the molecule is C[C@@H]1CC2(CCCO2)C[C@@H]1C. The molecule has 1 aliphatic carbocycles. The van der Waals surface area contributed by atoms with Crippen molar-refractivity contribution in [3.8, 4) is 0 Å². The minimum absolute atomic E-state index is 0.332. The molecule has 3 atom stereocenters. The summed E-state index contributed by atoms with van der Waals surface area (Å²) in [6, 6.07) is 0. The quantitative estimate of drug-likeness (QED) is 0.521. The van der Waals surface area contributed by atoms with Crippen molar-refractivity contribution >= 4 is 0 Å². The van der Waals surface area contributed by atoms with Crippen LogP contribution in [-0.2, 0) is 4.74 Å². The molecule has 0 N–H and O–H groups in total. The lowest BCUT2D eigenvalue weighted by atomic mass is 9.97. The van der Waals surface area contributed by atoms with Gasteiger partial charge in [-0.1, -0.05) is 13.8 Å². The van der Waals surface area contributed by atoms with Gasteiger partial charge >= 0.3 is 0 Å². The van der Waals surface area contributed by atoms with E-state index in [9.17, 15) is 0 Å². The minimum atomic E-state index is 0.332. The predicted molar refractivity (Wildman–Crippen MR) is 45.5 cm³/mol. The van der Waals surface area contributed by atoms with E-state index in [-0.39, 0.29) is 0 Å². The molecule has 0 bridgehead atoms. The maximum absolute atomic E-state index is 5.84. The molecule has 11 heavy (non-hydrogen) atoms. The Balaban J connectivity index is 2.06. The Morgan fingerprint density at radius 3 is 2.27 bits per heavy atom. The van der Waals surface area contributed by atoms with Crippen molar-refractivity contribution in [2.24, 2.45) is 11.8 Å². The Bertz CT molecular complexity index is 135. The Morgan fingerprint density at radius 2 is 1.82 bits per heavy atom. The molecule has 1 heteroatoms. The van der Waals surface area contributed by atoms with Crippen LogP contribution in [-0.4, -0.2) is 12.2 Å². The summed E-state index contributed by atoms with van der Waals surface area (Å²) in [5.41, 5.74) is 0.332. The summed E-state index contributed by atoms with van der Waals surface area (Å²) in [5.74, 6) is 1.76. The Labute approximate surface area is 69.1 Å². The van der Waals surface area contributed by atoms with Crippen LogP contribution in [0.25, 0.3) is 0 Å². The molecule has 0 amide bonds. The molecular formula is C10H18O. The van der Waals surface area contributed by atoms with Crippen LogP contribution in [0.15, 0.2) is 0 Å². The third kappa shape index (κ3) is 1.20. The van der Waals surface area contributed by atoms with E-state index in [1.54, 1.807) is 0 Å². The van der Waals surface area contributed by atoms with Crippen molar-refractivity contribution in [3.63, 3.8) is 0 Å². The molecular weight excluding hydrogens is 136 g/mol. The van der Waals surface area contributed by atoms with Crippen molar-refractivity contribution in [1.82, 2.24) is 0 Å². The van der Waals surface area contributed by atoms with E-state index in [1.165, 1.54) is 25.7 Å². The highest BCUT2D eigenvalue weighted by molar-refractivity contribution is 4.95. The molecule has 0 radical (unpaired) electrons. The average Bonchev–Trinajstić information content (AvgIpc) is 2.46. The van der Waals surface area contributed by atoms with E-state index >= 15 is 0 Å². The van der Waals surface area contributed by atoms with Gasteiger partial charge in [0.05, 0.1) is 5.60 Å². The van der Waals surface area contributed by atoms with Crippen LogP contribution in [0.2, 0.25) is 0 Å². The predicted octanol–water partition coefficient (Wildman–Crippen LogP) is 2.60. The summed E-state index contributed by atoms with van der Waals surface area (Å²) in [6.07, 6.45) is 5.24. The first-order chi connectivity index (χ1) is 5.22. The van der Waals surface area contributed by atoms with E-state index in [2.05, 4.69) is 13.8 Å². The van der Waals surface area contributed by atoms with Gasteiger partial charge in [-0.2, -0.15) is 0 Å². The largest absolute Gasteiger partial charge is 0.375 e. The van der Waals surface area contributed by atoms with Crippen molar-refractivity contribution in [2.45, 2.75) is 45.1 Å². The van der Waals surface area contributed by atoms with Gasteiger partial charge in [-0.05, 0) is 37.5 Å². The van der Waals surface area contributed by atoms with Crippen LogP contribution in [0.5, 0.6) is 0 Å². The fraction of sp³-hybridized carbons (Fsp3) is 1.00. The van der Waals surface area contributed by atoms with Gasteiger partial charge in [-0.15, -0.1) is 0 Å². The molecule has 2 fully saturated rings. The molecule has 1 saturated carbocycles. The monoisotopic (exact) mass is 154 g/mol. The highest BCUT2D eigenvalue weighted by atomic mass is 16.5. The average molecular weight is 154 g/mol. The third-order valence-corrected chi connectivity index (χ3v) is 3.54. The Kier molecular flexibility index (Phi) is 1.71. The van der Waals surface area contributed by atoms with Crippen LogP contribution in [0.3, 0.4) is 0 Å². The second-order valence-corrected chi connectivity index (χ2v) is 4.50. The standard InChI is InChI=1S/C10H18O/c1-8-6-10(7-9(8)2)4-3-5-11-10/h8-9H,3-7H2,1-2H3/t8-,9+,10?. The van der Waals surface area contributed by atoms with Crippen LogP contribution in [0, 0.1) is 11.8 Å². The van der Waals surface area contributed by atoms with Gasteiger partial charge in [0.1, 0.15) is 0 Å². The number of ether oxygens (including phenoxy) is 1. The molecule has 0 aromatic carbocycles. The Morgan fingerprint density at radius 1 is 1.18 bits per heavy atom. The third-order valence-electron chi connectivity index (χ3n) is 3.54. The fourth-order valence-corrected chi connectivity index (χ4v) is 2.74. The summed E-state index contributed by atoms with van der Waals surface area (Å²) in [4.78, 5) is 0. The zero-order chi connectivity index (χ0) is 7.90. The molecule has 1 heterocycles. The first-order valence-electron chi connectivity index (χ1n) is 4.86. The van der Waals surface area contributed by atoms with E-state index in [4.69, 9.17) is 4.74 Å².